The third-order valence-corrected chi connectivity index (χ3v) is 3.61. The maximum absolute atomic E-state index is 11.7. The van der Waals surface area contributed by atoms with E-state index in [-0.39, 0.29) is 11.7 Å². The van der Waals surface area contributed by atoms with Gasteiger partial charge in [-0.3, -0.25) is 10.2 Å². The van der Waals surface area contributed by atoms with Crippen LogP contribution in [-0.2, 0) is 4.79 Å². The van der Waals surface area contributed by atoms with Gasteiger partial charge in [-0.05, 0) is 25.5 Å². The Morgan fingerprint density at radius 3 is 3.12 bits per heavy atom. The van der Waals surface area contributed by atoms with Crippen LogP contribution < -0.4 is 16.4 Å². The Morgan fingerprint density at radius 2 is 2.53 bits per heavy atom. The lowest BCUT2D eigenvalue weighted by Gasteiger charge is -2.08. The van der Waals surface area contributed by atoms with Gasteiger partial charge in [-0.1, -0.05) is 0 Å². The summed E-state index contributed by atoms with van der Waals surface area (Å²) >= 11 is 1.39. The minimum Gasteiger partial charge on any atom is -0.384 e. The second-order valence-corrected chi connectivity index (χ2v) is 5.07. The highest BCUT2D eigenvalue weighted by atomic mass is 32.1. The molecule has 6 heteroatoms. The summed E-state index contributed by atoms with van der Waals surface area (Å²) < 4.78 is 0. The Morgan fingerprint density at radius 1 is 1.71 bits per heavy atom. The zero-order valence-corrected chi connectivity index (χ0v) is 10.3. The van der Waals surface area contributed by atoms with Gasteiger partial charge in [0.25, 0.3) is 0 Å². The second kappa shape index (κ2) is 5.29. The van der Waals surface area contributed by atoms with Crippen LogP contribution in [0.3, 0.4) is 0 Å². The van der Waals surface area contributed by atoms with E-state index < -0.39 is 0 Å². The number of nitrogen functional groups attached to an aromatic ring is 1. The third kappa shape index (κ3) is 3.28. The standard InChI is InChI=1S/C11H16N4OS/c12-11(13)7-4-10(17-6-7)15-9(16)5-8-2-1-3-14-8/h4,6,8,14H,1-3,5H2,(H3,12,13)(H,15,16)/t8-/m0/s1. The number of anilines is 1. The summed E-state index contributed by atoms with van der Waals surface area (Å²) in [6, 6.07) is 2.04. The van der Waals surface area contributed by atoms with Gasteiger partial charge in [-0.15, -0.1) is 11.3 Å². The molecule has 0 unspecified atom stereocenters. The molecule has 0 bridgehead atoms. The van der Waals surface area contributed by atoms with Gasteiger partial charge >= 0.3 is 0 Å². The molecule has 1 atom stereocenters. The predicted octanol–water partition coefficient (Wildman–Crippen LogP) is 1.11. The number of amidine groups is 1. The summed E-state index contributed by atoms with van der Waals surface area (Å²) in [5.41, 5.74) is 6.01. The molecule has 92 valence electrons. The van der Waals surface area contributed by atoms with E-state index in [0.29, 0.717) is 18.0 Å². The van der Waals surface area contributed by atoms with E-state index in [0.717, 1.165) is 24.4 Å². The van der Waals surface area contributed by atoms with Crippen molar-refractivity contribution in [2.45, 2.75) is 25.3 Å². The number of nitrogens with two attached hydrogens (primary N) is 1. The van der Waals surface area contributed by atoms with E-state index in [1.165, 1.54) is 11.3 Å². The van der Waals surface area contributed by atoms with Gasteiger partial charge in [0.2, 0.25) is 5.91 Å². The fraction of sp³-hybridized carbons (Fsp3) is 0.455. The number of rotatable bonds is 4. The third-order valence-electron chi connectivity index (χ3n) is 2.77. The molecular weight excluding hydrogens is 236 g/mol. The lowest BCUT2D eigenvalue weighted by molar-refractivity contribution is -0.116. The van der Waals surface area contributed by atoms with Crippen LogP contribution in [0.4, 0.5) is 5.00 Å². The number of carbonyl (C=O) groups excluding carboxylic acids is 1. The highest BCUT2D eigenvalue weighted by molar-refractivity contribution is 7.14. The molecule has 1 aromatic rings. The molecule has 0 aliphatic carbocycles. The molecule has 2 heterocycles. The van der Waals surface area contributed by atoms with Crippen LogP contribution in [0, 0.1) is 5.41 Å². The smallest absolute Gasteiger partial charge is 0.226 e. The topological polar surface area (TPSA) is 91.0 Å². The summed E-state index contributed by atoms with van der Waals surface area (Å²) in [5.74, 6) is 0.0422. The van der Waals surface area contributed by atoms with E-state index in [9.17, 15) is 4.79 Å². The Kier molecular flexibility index (Phi) is 3.75. The van der Waals surface area contributed by atoms with Crippen LogP contribution in [0.25, 0.3) is 0 Å². The van der Waals surface area contributed by atoms with Crippen LogP contribution in [0.5, 0.6) is 0 Å². The van der Waals surface area contributed by atoms with Gasteiger partial charge in [-0.25, -0.2) is 0 Å². The molecule has 1 aromatic heterocycles. The fourth-order valence-electron chi connectivity index (χ4n) is 1.89. The largest absolute Gasteiger partial charge is 0.384 e. The lowest BCUT2D eigenvalue weighted by atomic mass is 10.1. The van der Waals surface area contributed by atoms with Crippen molar-refractivity contribution in [1.82, 2.24) is 5.32 Å². The first-order valence-corrected chi connectivity index (χ1v) is 6.49. The first kappa shape index (κ1) is 12.1. The van der Waals surface area contributed by atoms with Gasteiger partial charge in [0.15, 0.2) is 0 Å². The average Bonchev–Trinajstić information content (AvgIpc) is 2.88. The van der Waals surface area contributed by atoms with Crippen LogP contribution in [0.2, 0.25) is 0 Å². The number of amides is 1. The highest BCUT2D eigenvalue weighted by Crippen LogP contribution is 2.20. The number of nitrogens with one attached hydrogen (secondary N) is 3. The van der Waals surface area contributed by atoms with Crippen LogP contribution >= 0.6 is 11.3 Å². The molecular formula is C11H16N4OS. The summed E-state index contributed by atoms with van der Waals surface area (Å²) in [6.07, 6.45) is 2.72. The van der Waals surface area contributed by atoms with Gasteiger partial charge in [-0.2, -0.15) is 0 Å². The summed E-state index contributed by atoms with van der Waals surface area (Å²) in [5, 5.41) is 15.9. The van der Waals surface area contributed by atoms with E-state index >= 15 is 0 Å². The maximum atomic E-state index is 11.7. The van der Waals surface area contributed by atoms with Crippen LogP contribution in [0.1, 0.15) is 24.8 Å². The van der Waals surface area contributed by atoms with Crippen molar-refractivity contribution in [3.8, 4) is 0 Å². The normalized spacial score (nSPS) is 19.2. The summed E-state index contributed by atoms with van der Waals surface area (Å²) in [7, 11) is 0. The predicted molar refractivity (Wildman–Crippen MR) is 69.6 cm³/mol. The molecule has 2 rings (SSSR count). The quantitative estimate of drug-likeness (QED) is 0.478. The molecule has 1 saturated heterocycles. The molecule has 0 aromatic carbocycles. The fourth-order valence-corrected chi connectivity index (χ4v) is 2.70. The van der Waals surface area contributed by atoms with Gasteiger partial charge in [0, 0.05) is 23.4 Å². The summed E-state index contributed by atoms with van der Waals surface area (Å²) in [4.78, 5) is 11.7. The average molecular weight is 252 g/mol. The summed E-state index contributed by atoms with van der Waals surface area (Å²) in [6.45, 7) is 1.01. The minimum absolute atomic E-state index is 0.0151. The maximum Gasteiger partial charge on any atom is 0.226 e. The Balaban J connectivity index is 1.86. The number of hydrogen-bond acceptors (Lipinski definition) is 4. The molecule has 0 saturated carbocycles. The second-order valence-electron chi connectivity index (χ2n) is 4.16. The Bertz CT molecular complexity index is 423. The number of carbonyl (C=O) groups is 1. The Labute approximate surface area is 104 Å². The number of thiophene rings is 1. The van der Waals surface area contributed by atoms with E-state index in [1.54, 1.807) is 11.4 Å². The van der Waals surface area contributed by atoms with Crippen molar-refractivity contribution in [1.29, 1.82) is 5.41 Å². The molecule has 17 heavy (non-hydrogen) atoms. The molecule has 5 N–H and O–H groups in total. The van der Waals surface area contributed by atoms with E-state index in [4.69, 9.17) is 11.1 Å². The van der Waals surface area contributed by atoms with Gasteiger partial charge < -0.3 is 16.4 Å². The molecule has 1 aliphatic heterocycles. The molecule has 0 radical (unpaired) electrons. The molecule has 5 nitrogen and oxygen atoms in total. The zero-order valence-electron chi connectivity index (χ0n) is 9.45. The van der Waals surface area contributed by atoms with Gasteiger partial charge in [0.05, 0.1) is 5.00 Å². The monoisotopic (exact) mass is 252 g/mol. The van der Waals surface area contributed by atoms with Crippen molar-refractivity contribution in [2.24, 2.45) is 5.73 Å². The van der Waals surface area contributed by atoms with Crippen LogP contribution in [-0.4, -0.2) is 24.3 Å². The van der Waals surface area contributed by atoms with Crippen molar-refractivity contribution in [2.75, 3.05) is 11.9 Å². The first-order valence-electron chi connectivity index (χ1n) is 5.61. The molecule has 0 spiro atoms. The lowest BCUT2D eigenvalue weighted by Crippen LogP contribution is -2.27. The van der Waals surface area contributed by atoms with E-state index in [1.807, 2.05) is 0 Å². The SMILES string of the molecule is N=C(N)c1csc(NC(=O)C[C@@H]2CCCN2)c1. The van der Waals surface area contributed by atoms with E-state index in [2.05, 4.69) is 10.6 Å². The van der Waals surface area contributed by atoms with Crippen molar-refractivity contribution < 1.29 is 4.79 Å². The highest BCUT2D eigenvalue weighted by Gasteiger charge is 2.17. The molecule has 1 amide bonds. The molecule has 1 aliphatic rings. The minimum atomic E-state index is 0.0151. The van der Waals surface area contributed by atoms with Crippen molar-refractivity contribution >= 4 is 28.1 Å². The van der Waals surface area contributed by atoms with Crippen LogP contribution in [0.15, 0.2) is 11.4 Å². The molecule has 1 fully saturated rings. The Hall–Kier alpha value is -1.40. The van der Waals surface area contributed by atoms with Crippen molar-refractivity contribution in [3.63, 3.8) is 0 Å². The van der Waals surface area contributed by atoms with Gasteiger partial charge in [0.1, 0.15) is 5.84 Å². The first-order chi connectivity index (χ1) is 8.15. The zero-order chi connectivity index (χ0) is 12.3. The van der Waals surface area contributed by atoms with Crippen molar-refractivity contribution in [3.05, 3.63) is 17.0 Å². The number of hydrogen-bond donors (Lipinski definition) is 4.